The van der Waals surface area contributed by atoms with Crippen LogP contribution in [0.1, 0.15) is 25.0 Å². The summed E-state index contributed by atoms with van der Waals surface area (Å²) in [7, 11) is 0. The molecule has 2 N–H and O–H groups in total. The fourth-order valence-corrected chi connectivity index (χ4v) is 1.91. The standard InChI is InChI=1S/C16H25N3O/c1-4-19(5-2)12-11-18-16(20)17-10-9-15-8-6-7-14(3)13-15/h6-10,13H,4-5,11-12H2,1-3H3,(H2,17,18,20)/b10-9+. The number of carbonyl (C=O) groups excluding carboxylic acids is 1. The molecule has 20 heavy (non-hydrogen) atoms. The van der Waals surface area contributed by atoms with Crippen LogP contribution in [0.15, 0.2) is 30.5 Å². The van der Waals surface area contributed by atoms with E-state index in [0.29, 0.717) is 6.54 Å². The van der Waals surface area contributed by atoms with Gasteiger partial charge in [-0.1, -0.05) is 43.7 Å². The predicted molar refractivity (Wildman–Crippen MR) is 84.5 cm³/mol. The van der Waals surface area contributed by atoms with Crippen LogP contribution in [-0.4, -0.2) is 37.1 Å². The highest BCUT2D eigenvalue weighted by atomic mass is 16.2. The van der Waals surface area contributed by atoms with Crippen molar-refractivity contribution < 1.29 is 4.79 Å². The molecule has 0 heterocycles. The third-order valence-electron chi connectivity index (χ3n) is 3.14. The topological polar surface area (TPSA) is 44.4 Å². The van der Waals surface area contributed by atoms with Crippen molar-refractivity contribution in [2.75, 3.05) is 26.2 Å². The van der Waals surface area contributed by atoms with Gasteiger partial charge in [0.1, 0.15) is 0 Å². The van der Waals surface area contributed by atoms with Crippen LogP contribution in [0.25, 0.3) is 6.08 Å². The van der Waals surface area contributed by atoms with E-state index >= 15 is 0 Å². The van der Waals surface area contributed by atoms with Gasteiger partial charge >= 0.3 is 6.03 Å². The van der Waals surface area contributed by atoms with E-state index < -0.39 is 0 Å². The lowest BCUT2D eigenvalue weighted by Crippen LogP contribution is -2.38. The number of nitrogens with one attached hydrogen (secondary N) is 2. The fraction of sp³-hybridized carbons (Fsp3) is 0.438. The summed E-state index contributed by atoms with van der Waals surface area (Å²) in [5.41, 5.74) is 2.28. The molecule has 1 aromatic rings. The molecule has 0 radical (unpaired) electrons. The molecule has 0 saturated heterocycles. The van der Waals surface area contributed by atoms with Gasteiger partial charge in [-0.05, 0) is 31.7 Å². The molecule has 0 aromatic heterocycles. The van der Waals surface area contributed by atoms with Crippen LogP contribution in [0.3, 0.4) is 0 Å². The summed E-state index contributed by atoms with van der Waals surface area (Å²) in [5, 5.41) is 5.55. The zero-order chi connectivity index (χ0) is 14.8. The Balaban J connectivity index is 2.26. The maximum absolute atomic E-state index is 11.6. The third-order valence-corrected chi connectivity index (χ3v) is 3.14. The monoisotopic (exact) mass is 275 g/mol. The number of benzene rings is 1. The molecule has 0 saturated carbocycles. The molecule has 0 aliphatic heterocycles. The van der Waals surface area contributed by atoms with Gasteiger partial charge in [0.2, 0.25) is 0 Å². The summed E-state index contributed by atoms with van der Waals surface area (Å²) in [6.07, 6.45) is 3.55. The molecule has 0 aliphatic carbocycles. The molecule has 0 atom stereocenters. The van der Waals surface area contributed by atoms with Crippen LogP contribution in [0, 0.1) is 6.92 Å². The second kappa shape index (κ2) is 9.15. The van der Waals surface area contributed by atoms with Gasteiger partial charge in [-0.25, -0.2) is 4.79 Å². The lowest BCUT2D eigenvalue weighted by molar-refractivity contribution is 0.240. The summed E-state index contributed by atoms with van der Waals surface area (Å²) in [4.78, 5) is 13.8. The highest BCUT2D eigenvalue weighted by Gasteiger charge is 2.00. The van der Waals surface area contributed by atoms with E-state index in [1.54, 1.807) is 6.20 Å². The van der Waals surface area contributed by atoms with Crippen molar-refractivity contribution in [2.45, 2.75) is 20.8 Å². The number of aryl methyl sites for hydroxylation is 1. The lowest BCUT2D eigenvalue weighted by atomic mass is 10.1. The Morgan fingerprint density at radius 3 is 2.70 bits per heavy atom. The normalized spacial score (nSPS) is 11.0. The molecule has 0 aliphatic rings. The minimum atomic E-state index is -0.166. The first kappa shape index (κ1) is 16.2. The predicted octanol–water partition coefficient (Wildman–Crippen LogP) is 2.61. The van der Waals surface area contributed by atoms with Crippen molar-refractivity contribution >= 4 is 12.1 Å². The van der Waals surface area contributed by atoms with Crippen molar-refractivity contribution in [3.05, 3.63) is 41.6 Å². The molecule has 4 heteroatoms. The third kappa shape index (κ3) is 6.38. The summed E-state index contributed by atoms with van der Waals surface area (Å²) in [6, 6.07) is 7.95. The smallest absolute Gasteiger partial charge is 0.318 e. The number of nitrogens with zero attached hydrogens (tertiary/aromatic N) is 1. The maximum atomic E-state index is 11.6. The Morgan fingerprint density at radius 2 is 2.05 bits per heavy atom. The van der Waals surface area contributed by atoms with E-state index in [1.165, 1.54) is 5.56 Å². The number of likely N-dealkylation sites (N-methyl/N-ethyl adjacent to an activating group) is 1. The molecule has 0 unspecified atom stereocenters. The molecule has 1 rings (SSSR count). The molecule has 4 nitrogen and oxygen atoms in total. The number of hydrogen-bond donors (Lipinski definition) is 2. The van der Waals surface area contributed by atoms with Gasteiger partial charge in [-0.2, -0.15) is 0 Å². The molecule has 0 bridgehead atoms. The Bertz CT molecular complexity index is 439. The van der Waals surface area contributed by atoms with E-state index in [2.05, 4.69) is 35.4 Å². The van der Waals surface area contributed by atoms with Crippen LogP contribution in [-0.2, 0) is 0 Å². The lowest BCUT2D eigenvalue weighted by Gasteiger charge is -2.17. The van der Waals surface area contributed by atoms with E-state index in [9.17, 15) is 4.79 Å². The Labute approximate surface area is 121 Å². The Hall–Kier alpha value is -1.81. The first-order chi connectivity index (χ1) is 9.65. The van der Waals surface area contributed by atoms with E-state index in [4.69, 9.17) is 0 Å². The number of hydrogen-bond acceptors (Lipinski definition) is 2. The van der Waals surface area contributed by atoms with Crippen molar-refractivity contribution in [2.24, 2.45) is 0 Å². The van der Waals surface area contributed by atoms with Gasteiger partial charge in [0.15, 0.2) is 0 Å². The fourth-order valence-electron chi connectivity index (χ4n) is 1.91. The summed E-state index contributed by atoms with van der Waals surface area (Å²) in [6.45, 7) is 9.83. The van der Waals surface area contributed by atoms with Crippen molar-refractivity contribution in [3.8, 4) is 0 Å². The largest absolute Gasteiger partial charge is 0.337 e. The van der Waals surface area contributed by atoms with Crippen LogP contribution < -0.4 is 10.6 Å². The first-order valence-corrected chi connectivity index (χ1v) is 7.15. The van der Waals surface area contributed by atoms with Crippen LogP contribution in [0.5, 0.6) is 0 Å². The number of urea groups is 1. The van der Waals surface area contributed by atoms with Crippen molar-refractivity contribution in [1.82, 2.24) is 15.5 Å². The van der Waals surface area contributed by atoms with Crippen LogP contribution >= 0.6 is 0 Å². The molecule has 0 fully saturated rings. The Kier molecular flexibility index (Phi) is 7.43. The quantitative estimate of drug-likeness (QED) is 0.803. The summed E-state index contributed by atoms with van der Waals surface area (Å²) in [5.74, 6) is 0. The minimum Gasteiger partial charge on any atom is -0.337 e. The second-order valence-electron chi connectivity index (χ2n) is 4.67. The van der Waals surface area contributed by atoms with Crippen molar-refractivity contribution in [3.63, 3.8) is 0 Å². The number of amides is 2. The van der Waals surface area contributed by atoms with Gasteiger partial charge in [0, 0.05) is 19.3 Å². The second-order valence-corrected chi connectivity index (χ2v) is 4.67. The average Bonchev–Trinajstić information content (AvgIpc) is 2.44. The molecule has 0 spiro atoms. The molecule has 1 aromatic carbocycles. The van der Waals surface area contributed by atoms with Gasteiger partial charge < -0.3 is 15.5 Å². The van der Waals surface area contributed by atoms with E-state index in [1.807, 2.05) is 31.2 Å². The van der Waals surface area contributed by atoms with Gasteiger partial charge in [-0.3, -0.25) is 0 Å². The SMILES string of the molecule is CCN(CC)CCNC(=O)N/C=C/c1cccc(C)c1. The minimum absolute atomic E-state index is 0.166. The molecular weight excluding hydrogens is 250 g/mol. The van der Waals surface area contributed by atoms with Crippen LogP contribution in [0.2, 0.25) is 0 Å². The van der Waals surface area contributed by atoms with Gasteiger partial charge in [0.05, 0.1) is 0 Å². The molecular formula is C16H25N3O. The van der Waals surface area contributed by atoms with Crippen LogP contribution in [0.4, 0.5) is 4.79 Å². The average molecular weight is 275 g/mol. The zero-order valence-corrected chi connectivity index (χ0v) is 12.6. The van der Waals surface area contributed by atoms with Crippen molar-refractivity contribution in [1.29, 1.82) is 0 Å². The highest BCUT2D eigenvalue weighted by Crippen LogP contribution is 2.04. The Morgan fingerprint density at radius 1 is 1.30 bits per heavy atom. The zero-order valence-electron chi connectivity index (χ0n) is 12.6. The highest BCUT2D eigenvalue weighted by molar-refractivity contribution is 5.75. The summed E-state index contributed by atoms with van der Waals surface area (Å²) >= 11 is 0. The van der Waals surface area contributed by atoms with Gasteiger partial charge in [0.25, 0.3) is 0 Å². The summed E-state index contributed by atoms with van der Waals surface area (Å²) < 4.78 is 0. The maximum Gasteiger partial charge on any atom is 0.318 e. The van der Waals surface area contributed by atoms with E-state index in [0.717, 1.165) is 25.2 Å². The first-order valence-electron chi connectivity index (χ1n) is 7.15. The van der Waals surface area contributed by atoms with Gasteiger partial charge in [-0.15, -0.1) is 0 Å². The number of rotatable bonds is 7. The molecule has 2 amide bonds. The molecule has 110 valence electrons. The van der Waals surface area contributed by atoms with E-state index in [-0.39, 0.29) is 6.03 Å². The number of carbonyl (C=O) groups is 1.